The van der Waals surface area contributed by atoms with Crippen LogP contribution in [0, 0.1) is 0 Å². The third-order valence-corrected chi connectivity index (χ3v) is 6.41. The van der Waals surface area contributed by atoms with Gasteiger partial charge in [-0.3, -0.25) is 4.79 Å². The molecule has 0 saturated carbocycles. The first-order valence-corrected chi connectivity index (χ1v) is 11.4. The fourth-order valence-electron chi connectivity index (χ4n) is 4.48. The Balaban J connectivity index is 1.81. The molecule has 0 bridgehead atoms. The number of ether oxygens (including phenoxy) is 5. The summed E-state index contributed by atoms with van der Waals surface area (Å²) in [5.41, 5.74) is 0. The number of aliphatic hydroxyl groups is 8. The van der Waals surface area contributed by atoms with Crippen LogP contribution in [0.2, 0.25) is 0 Å². The third kappa shape index (κ3) is 6.19. The molecule has 0 aromatic heterocycles. The van der Waals surface area contributed by atoms with E-state index < -0.39 is 117 Å². The molecule has 14 atom stereocenters. The van der Waals surface area contributed by atoms with Gasteiger partial charge in [-0.05, 0) is 0 Å². The molecule has 17 heteroatoms. The zero-order valence-corrected chi connectivity index (χ0v) is 19.6. The van der Waals surface area contributed by atoms with Crippen LogP contribution >= 0.6 is 0 Å². The Morgan fingerprint density at radius 3 is 1.81 bits per heavy atom. The van der Waals surface area contributed by atoms with Crippen molar-refractivity contribution in [1.82, 2.24) is 5.32 Å². The number of carboxylic acid groups (broad SMARTS) is 1. The summed E-state index contributed by atoms with van der Waals surface area (Å²) in [6, 6.07) is -1.48. The summed E-state index contributed by atoms with van der Waals surface area (Å²) in [5.74, 6) is -2.37. The van der Waals surface area contributed by atoms with Gasteiger partial charge >= 0.3 is 5.97 Å². The number of carbonyl (C=O) groups is 2. The molecule has 3 aliphatic rings. The SMILES string of the molecule is CC(=O)N[C@H]1[C@@H](O[C@H]2[C@H](O)[C@@H](O)[C@H](O[C@H]3[C@H](O)[C@@H](CO)O[C@@H]3CO)O[C@H]2C(=O)O)O[C@H](CO)[C@@H](O)[C@@H]1O. The average molecular weight is 543 g/mol. The van der Waals surface area contributed by atoms with Gasteiger partial charge in [0.15, 0.2) is 18.7 Å². The number of amides is 1. The first-order valence-electron chi connectivity index (χ1n) is 11.4. The van der Waals surface area contributed by atoms with E-state index in [1.54, 1.807) is 0 Å². The highest BCUT2D eigenvalue weighted by molar-refractivity contribution is 5.74. The van der Waals surface area contributed by atoms with Gasteiger partial charge in [-0.1, -0.05) is 0 Å². The van der Waals surface area contributed by atoms with Crippen LogP contribution < -0.4 is 5.32 Å². The number of carbonyl (C=O) groups excluding carboxylic acids is 1. The zero-order chi connectivity index (χ0) is 27.6. The molecule has 0 aromatic rings. The van der Waals surface area contributed by atoms with Crippen molar-refractivity contribution in [2.45, 2.75) is 92.7 Å². The first-order chi connectivity index (χ1) is 17.4. The van der Waals surface area contributed by atoms with Gasteiger partial charge in [-0.25, -0.2) is 4.79 Å². The first kappa shape index (κ1) is 30.0. The molecular weight excluding hydrogens is 510 g/mol. The molecule has 214 valence electrons. The van der Waals surface area contributed by atoms with Crippen molar-refractivity contribution in [2.75, 3.05) is 19.8 Å². The molecule has 3 rings (SSSR count). The van der Waals surface area contributed by atoms with Gasteiger partial charge in [-0.2, -0.15) is 0 Å². The molecule has 1 amide bonds. The van der Waals surface area contributed by atoms with Gasteiger partial charge in [0.1, 0.15) is 67.1 Å². The smallest absolute Gasteiger partial charge is 0.335 e. The molecule has 0 spiro atoms. The van der Waals surface area contributed by atoms with Crippen LogP contribution in [0.15, 0.2) is 0 Å². The largest absolute Gasteiger partial charge is 0.479 e. The molecule has 3 aliphatic heterocycles. The number of aliphatic carboxylic acids is 1. The number of hydrogen-bond donors (Lipinski definition) is 10. The Kier molecular flexibility index (Phi) is 10.1. The second-order valence-corrected chi connectivity index (χ2v) is 8.95. The lowest BCUT2D eigenvalue weighted by molar-refractivity contribution is -0.348. The normalized spacial score (nSPS) is 46.5. The minimum atomic E-state index is -2.04. The highest BCUT2D eigenvalue weighted by Gasteiger charge is 2.55. The maximum atomic E-state index is 12.0. The molecular formula is C20H33NO16. The van der Waals surface area contributed by atoms with Crippen molar-refractivity contribution >= 4 is 11.9 Å². The molecule has 0 aromatic carbocycles. The fourth-order valence-corrected chi connectivity index (χ4v) is 4.48. The van der Waals surface area contributed by atoms with E-state index in [0.717, 1.165) is 6.92 Å². The summed E-state index contributed by atoms with van der Waals surface area (Å²) < 4.78 is 26.9. The number of aliphatic hydroxyl groups excluding tert-OH is 8. The van der Waals surface area contributed by atoms with E-state index in [1.165, 1.54) is 0 Å². The van der Waals surface area contributed by atoms with Crippen molar-refractivity contribution in [1.29, 1.82) is 0 Å². The summed E-state index contributed by atoms with van der Waals surface area (Å²) >= 11 is 0. The standard InChI is InChI=1S/C20H33NO16/c1-5(25)21-9-12(28)10(26)6(2-22)34-19(9)36-16-13(29)14(30)20(37-17(16)18(31)32)35-15-8(4-24)33-7(3-23)11(15)27/h6-17,19-20,22-24,26-30H,2-4H2,1H3,(H,21,25)(H,31,32)/t6-,7-,8-,9-,10-,11-,12-,13-,14-,15-,16+,17-,19-,20-/m1/s1. The zero-order valence-electron chi connectivity index (χ0n) is 19.6. The van der Waals surface area contributed by atoms with Crippen molar-refractivity contribution < 1.29 is 79.2 Å². The maximum absolute atomic E-state index is 12.0. The molecule has 17 nitrogen and oxygen atoms in total. The highest BCUT2D eigenvalue weighted by Crippen LogP contribution is 2.32. The van der Waals surface area contributed by atoms with Crippen LogP contribution in [0.4, 0.5) is 0 Å². The minimum Gasteiger partial charge on any atom is -0.479 e. The Morgan fingerprint density at radius 1 is 0.703 bits per heavy atom. The van der Waals surface area contributed by atoms with Crippen LogP contribution in [0.1, 0.15) is 6.92 Å². The molecule has 3 fully saturated rings. The monoisotopic (exact) mass is 543 g/mol. The number of carboxylic acids is 1. The van der Waals surface area contributed by atoms with Crippen LogP contribution in [-0.4, -0.2) is 163 Å². The molecule has 0 radical (unpaired) electrons. The van der Waals surface area contributed by atoms with Gasteiger partial charge in [-0.15, -0.1) is 0 Å². The third-order valence-electron chi connectivity index (χ3n) is 6.41. The predicted octanol–water partition coefficient (Wildman–Crippen LogP) is -6.66. The highest BCUT2D eigenvalue weighted by atomic mass is 16.7. The Bertz CT molecular complexity index is 785. The fraction of sp³-hybridized carbons (Fsp3) is 0.900. The summed E-state index contributed by atoms with van der Waals surface area (Å²) in [5, 5.41) is 92.4. The summed E-state index contributed by atoms with van der Waals surface area (Å²) in [6.07, 6.45) is -21.5. The molecule has 37 heavy (non-hydrogen) atoms. The second-order valence-electron chi connectivity index (χ2n) is 8.95. The van der Waals surface area contributed by atoms with Crippen LogP contribution in [0.5, 0.6) is 0 Å². The Morgan fingerprint density at radius 2 is 1.27 bits per heavy atom. The second kappa shape index (κ2) is 12.5. The van der Waals surface area contributed by atoms with Crippen molar-refractivity contribution in [2.24, 2.45) is 0 Å². The average Bonchev–Trinajstić information content (AvgIpc) is 3.16. The van der Waals surface area contributed by atoms with Gasteiger partial charge in [0.25, 0.3) is 0 Å². The van der Waals surface area contributed by atoms with Gasteiger partial charge in [0, 0.05) is 6.92 Å². The van der Waals surface area contributed by atoms with E-state index in [9.17, 15) is 55.5 Å². The van der Waals surface area contributed by atoms with E-state index in [-0.39, 0.29) is 0 Å². The molecule has 3 saturated heterocycles. The minimum absolute atomic E-state index is 0.631. The molecule has 0 unspecified atom stereocenters. The van der Waals surface area contributed by atoms with E-state index in [4.69, 9.17) is 23.7 Å². The topological polar surface area (TPSA) is 274 Å². The van der Waals surface area contributed by atoms with Crippen molar-refractivity contribution in [3.63, 3.8) is 0 Å². The quantitative estimate of drug-likeness (QED) is 0.129. The van der Waals surface area contributed by atoms with Gasteiger partial charge in [0.2, 0.25) is 5.91 Å². The van der Waals surface area contributed by atoms with Crippen molar-refractivity contribution in [3.8, 4) is 0 Å². The lowest BCUT2D eigenvalue weighted by Crippen LogP contribution is -2.68. The lowest BCUT2D eigenvalue weighted by Gasteiger charge is -2.46. The summed E-state index contributed by atoms with van der Waals surface area (Å²) in [4.78, 5) is 23.6. The van der Waals surface area contributed by atoms with E-state index in [0.29, 0.717) is 0 Å². The number of hydrogen-bond acceptors (Lipinski definition) is 15. The maximum Gasteiger partial charge on any atom is 0.335 e. The lowest BCUT2D eigenvalue weighted by atomic mass is 9.95. The van der Waals surface area contributed by atoms with Crippen LogP contribution in [-0.2, 0) is 33.3 Å². The van der Waals surface area contributed by atoms with Gasteiger partial charge < -0.3 is 75.0 Å². The molecule has 3 heterocycles. The molecule has 10 N–H and O–H groups in total. The Hall–Kier alpha value is -1.58. The van der Waals surface area contributed by atoms with Crippen LogP contribution in [0.25, 0.3) is 0 Å². The van der Waals surface area contributed by atoms with Crippen molar-refractivity contribution in [3.05, 3.63) is 0 Å². The molecule has 0 aliphatic carbocycles. The van der Waals surface area contributed by atoms with E-state index in [2.05, 4.69) is 5.32 Å². The van der Waals surface area contributed by atoms with E-state index in [1.807, 2.05) is 0 Å². The van der Waals surface area contributed by atoms with E-state index >= 15 is 0 Å². The predicted molar refractivity (Wildman–Crippen MR) is 112 cm³/mol. The number of rotatable bonds is 9. The van der Waals surface area contributed by atoms with Gasteiger partial charge in [0.05, 0.1) is 19.8 Å². The Labute approximate surface area is 209 Å². The number of nitrogens with one attached hydrogen (secondary N) is 1. The van der Waals surface area contributed by atoms with Crippen LogP contribution in [0.3, 0.4) is 0 Å². The summed E-state index contributed by atoms with van der Waals surface area (Å²) in [7, 11) is 0. The summed E-state index contributed by atoms with van der Waals surface area (Å²) in [6.45, 7) is -1.00.